The Morgan fingerprint density at radius 2 is 2.19 bits per heavy atom. The highest BCUT2D eigenvalue weighted by molar-refractivity contribution is 6.31. The van der Waals surface area contributed by atoms with Crippen LogP contribution in [0.5, 0.6) is 0 Å². The van der Waals surface area contributed by atoms with E-state index in [0.29, 0.717) is 0 Å². The van der Waals surface area contributed by atoms with Crippen molar-refractivity contribution >= 4 is 11.6 Å². The molecule has 1 N–H and O–H groups in total. The molecular weight excluding hydrogens is 280 g/mol. The molecule has 1 aliphatic carbocycles. The van der Waals surface area contributed by atoms with E-state index < -0.39 is 0 Å². The summed E-state index contributed by atoms with van der Waals surface area (Å²) in [4.78, 5) is 4.09. The minimum absolute atomic E-state index is 0.130. The SMILES string of the molecule is CCNC(c1cccc(C2CCC2)c1)c1ccncc1Cl. The topological polar surface area (TPSA) is 24.9 Å². The number of hydrogen-bond donors (Lipinski definition) is 1. The van der Waals surface area contributed by atoms with Gasteiger partial charge in [-0.05, 0) is 48.1 Å². The Morgan fingerprint density at radius 3 is 2.86 bits per heavy atom. The number of aromatic nitrogens is 1. The minimum Gasteiger partial charge on any atom is -0.306 e. The van der Waals surface area contributed by atoms with Crippen LogP contribution in [0.15, 0.2) is 42.7 Å². The van der Waals surface area contributed by atoms with Gasteiger partial charge in [0.2, 0.25) is 0 Å². The zero-order chi connectivity index (χ0) is 14.7. The number of rotatable bonds is 5. The molecule has 110 valence electrons. The van der Waals surface area contributed by atoms with Crippen LogP contribution in [0.3, 0.4) is 0 Å². The summed E-state index contributed by atoms with van der Waals surface area (Å²) in [5, 5.41) is 4.27. The van der Waals surface area contributed by atoms with Crippen molar-refractivity contribution in [2.24, 2.45) is 0 Å². The van der Waals surface area contributed by atoms with E-state index in [4.69, 9.17) is 11.6 Å². The van der Waals surface area contributed by atoms with Gasteiger partial charge in [0.1, 0.15) is 0 Å². The number of pyridine rings is 1. The third-order valence-electron chi connectivity index (χ3n) is 4.34. The van der Waals surface area contributed by atoms with Crippen molar-refractivity contribution in [3.8, 4) is 0 Å². The summed E-state index contributed by atoms with van der Waals surface area (Å²) in [6.45, 7) is 3.02. The number of nitrogens with one attached hydrogen (secondary N) is 1. The first-order chi connectivity index (χ1) is 10.3. The Bertz CT molecular complexity index is 608. The van der Waals surface area contributed by atoms with Crippen molar-refractivity contribution in [1.29, 1.82) is 0 Å². The summed E-state index contributed by atoms with van der Waals surface area (Å²) in [5.74, 6) is 0.750. The van der Waals surface area contributed by atoms with Gasteiger partial charge in [-0.1, -0.05) is 49.2 Å². The molecule has 2 aromatic rings. The van der Waals surface area contributed by atoms with Crippen molar-refractivity contribution < 1.29 is 0 Å². The maximum absolute atomic E-state index is 6.34. The van der Waals surface area contributed by atoms with Crippen molar-refractivity contribution in [2.75, 3.05) is 6.54 Å². The van der Waals surface area contributed by atoms with E-state index in [9.17, 15) is 0 Å². The van der Waals surface area contributed by atoms with Gasteiger partial charge >= 0.3 is 0 Å². The second-order valence-electron chi connectivity index (χ2n) is 5.69. The van der Waals surface area contributed by atoms with Crippen molar-refractivity contribution in [1.82, 2.24) is 10.3 Å². The molecule has 21 heavy (non-hydrogen) atoms. The summed E-state index contributed by atoms with van der Waals surface area (Å²) in [6, 6.07) is 11.1. The molecule has 1 unspecified atom stereocenters. The van der Waals surface area contributed by atoms with Gasteiger partial charge in [0, 0.05) is 12.4 Å². The zero-order valence-electron chi connectivity index (χ0n) is 12.3. The normalized spacial score (nSPS) is 16.5. The van der Waals surface area contributed by atoms with Crippen LogP contribution in [0.2, 0.25) is 5.02 Å². The lowest BCUT2D eigenvalue weighted by molar-refractivity contribution is 0.419. The van der Waals surface area contributed by atoms with E-state index in [2.05, 4.69) is 41.5 Å². The van der Waals surface area contributed by atoms with Crippen LogP contribution in [0.4, 0.5) is 0 Å². The molecule has 3 heteroatoms. The molecular formula is C18H21ClN2. The molecule has 1 aliphatic rings. The molecule has 1 aromatic carbocycles. The lowest BCUT2D eigenvalue weighted by Gasteiger charge is -2.27. The molecule has 1 fully saturated rings. The standard InChI is InChI=1S/C18H21ClN2/c1-2-21-18(16-9-10-20-12-17(16)19)15-8-4-7-14(11-15)13-5-3-6-13/h4,7-13,18,21H,2-3,5-6H2,1H3. The molecule has 1 atom stereocenters. The van der Waals surface area contributed by atoms with E-state index >= 15 is 0 Å². The third kappa shape index (κ3) is 3.12. The van der Waals surface area contributed by atoms with Crippen molar-refractivity contribution in [3.63, 3.8) is 0 Å². The minimum atomic E-state index is 0.130. The van der Waals surface area contributed by atoms with Gasteiger partial charge in [-0.2, -0.15) is 0 Å². The summed E-state index contributed by atoms with van der Waals surface area (Å²) >= 11 is 6.34. The molecule has 1 saturated carbocycles. The van der Waals surface area contributed by atoms with Crippen molar-refractivity contribution in [2.45, 2.75) is 38.1 Å². The Morgan fingerprint density at radius 1 is 1.33 bits per heavy atom. The smallest absolute Gasteiger partial charge is 0.0640 e. The predicted molar refractivity (Wildman–Crippen MR) is 87.8 cm³/mol. The monoisotopic (exact) mass is 300 g/mol. The summed E-state index contributed by atoms with van der Waals surface area (Å²) in [5.41, 5.74) is 3.85. The molecule has 0 aliphatic heterocycles. The second-order valence-corrected chi connectivity index (χ2v) is 6.09. The van der Waals surface area contributed by atoms with Gasteiger partial charge in [-0.25, -0.2) is 0 Å². The van der Waals surface area contributed by atoms with E-state index in [-0.39, 0.29) is 6.04 Å². The number of hydrogen-bond acceptors (Lipinski definition) is 2. The molecule has 3 rings (SSSR count). The summed E-state index contributed by atoms with van der Waals surface area (Å²) < 4.78 is 0. The molecule has 1 aromatic heterocycles. The fourth-order valence-corrected chi connectivity index (χ4v) is 3.19. The lowest BCUT2D eigenvalue weighted by atomic mass is 9.79. The number of benzene rings is 1. The predicted octanol–water partition coefficient (Wildman–Crippen LogP) is 4.70. The van der Waals surface area contributed by atoms with Crippen LogP contribution in [-0.2, 0) is 0 Å². The molecule has 0 amide bonds. The first-order valence-electron chi connectivity index (χ1n) is 7.72. The molecule has 0 radical (unpaired) electrons. The molecule has 1 heterocycles. The molecule has 0 spiro atoms. The van der Waals surface area contributed by atoms with E-state index in [0.717, 1.165) is 23.0 Å². The zero-order valence-corrected chi connectivity index (χ0v) is 13.1. The van der Waals surface area contributed by atoms with Crippen LogP contribution >= 0.6 is 11.6 Å². The highest BCUT2D eigenvalue weighted by Gasteiger charge is 2.21. The van der Waals surface area contributed by atoms with Gasteiger partial charge in [0.25, 0.3) is 0 Å². The molecule has 0 saturated heterocycles. The van der Waals surface area contributed by atoms with E-state index in [1.54, 1.807) is 12.4 Å². The number of halogens is 1. The first-order valence-corrected chi connectivity index (χ1v) is 8.10. The Balaban J connectivity index is 1.95. The quantitative estimate of drug-likeness (QED) is 0.865. The van der Waals surface area contributed by atoms with E-state index in [1.807, 2.05) is 6.07 Å². The molecule has 0 bridgehead atoms. The van der Waals surface area contributed by atoms with Crippen LogP contribution in [0, 0.1) is 0 Å². The Kier molecular flexibility index (Phi) is 4.57. The van der Waals surface area contributed by atoms with E-state index in [1.165, 1.54) is 30.4 Å². The fourth-order valence-electron chi connectivity index (χ4n) is 2.97. The van der Waals surface area contributed by atoms with Crippen molar-refractivity contribution in [3.05, 3.63) is 64.4 Å². The Labute approximate surface area is 131 Å². The Hall–Kier alpha value is -1.38. The third-order valence-corrected chi connectivity index (χ3v) is 4.66. The van der Waals surface area contributed by atoms with Gasteiger partial charge < -0.3 is 5.32 Å². The van der Waals surface area contributed by atoms with Crippen LogP contribution in [0.1, 0.15) is 54.8 Å². The summed E-state index contributed by atoms with van der Waals surface area (Å²) in [7, 11) is 0. The van der Waals surface area contributed by atoms with Crippen LogP contribution in [-0.4, -0.2) is 11.5 Å². The first kappa shape index (κ1) is 14.6. The van der Waals surface area contributed by atoms with Gasteiger partial charge in [-0.3, -0.25) is 4.98 Å². The largest absolute Gasteiger partial charge is 0.306 e. The highest BCUT2D eigenvalue weighted by Crippen LogP contribution is 2.37. The fraction of sp³-hybridized carbons (Fsp3) is 0.389. The highest BCUT2D eigenvalue weighted by atomic mass is 35.5. The van der Waals surface area contributed by atoms with Gasteiger partial charge in [-0.15, -0.1) is 0 Å². The average Bonchev–Trinajstić information content (AvgIpc) is 2.44. The lowest BCUT2D eigenvalue weighted by Crippen LogP contribution is -2.22. The van der Waals surface area contributed by atoms with Crippen LogP contribution < -0.4 is 5.32 Å². The maximum atomic E-state index is 6.34. The average molecular weight is 301 g/mol. The molecule has 2 nitrogen and oxygen atoms in total. The number of nitrogens with zero attached hydrogens (tertiary/aromatic N) is 1. The van der Waals surface area contributed by atoms with Gasteiger partial charge in [0.15, 0.2) is 0 Å². The van der Waals surface area contributed by atoms with Crippen LogP contribution in [0.25, 0.3) is 0 Å². The summed E-state index contributed by atoms with van der Waals surface area (Å²) in [6.07, 6.45) is 7.54. The second kappa shape index (κ2) is 6.59. The maximum Gasteiger partial charge on any atom is 0.0640 e. The van der Waals surface area contributed by atoms with Gasteiger partial charge in [0.05, 0.1) is 11.1 Å².